The molecule has 1 atom stereocenters. The third kappa shape index (κ3) is 9.41. The van der Waals surface area contributed by atoms with Gasteiger partial charge in [0.2, 0.25) is 0 Å². The number of anilines is 3. The second-order valence-electron chi connectivity index (χ2n) is 22.6. The minimum Gasteiger partial charge on any atom is -0.455 e. The third-order valence-corrected chi connectivity index (χ3v) is 17.4. The van der Waals surface area contributed by atoms with Crippen molar-refractivity contribution in [3.8, 4) is 55.6 Å². The van der Waals surface area contributed by atoms with Crippen LogP contribution in [0.1, 0.15) is 22.6 Å². The lowest BCUT2D eigenvalue weighted by molar-refractivity contribution is 0.569. The fourth-order valence-electron chi connectivity index (χ4n) is 13.0. The van der Waals surface area contributed by atoms with Gasteiger partial charge in [0.05, 0.1) is 10.8 Å². The molecule has 0 amide bonds. The van der Waals surface area contributed by atoms with Gasteiger partial charge in [-0.15, -0.1) is 0 Å². The van der Waals surface area contributed by atoms with Gasteiger partial charge in [-0.1, -0.05) is 231 Å². The molecule has 3 aromatic heterocycles. The minimum atomic E-state index is -0.342. The van der Waals surface area contributed by atoms with Gasteiger partial charge in [-0.25, -0.2) is 9.59 Å². The molecule has 6 nitrogen and oxygen atoms in total. The van der Waals surface area contributed by atoms with Crippen LogP contribution in [0.4, 0.5) is 17.1 Å². The van der Waals surface area contributed by atoms with Gasteiger partial charge in [0.15, 0.2) is 0 Å². The molecule has 0 aliphatic carbocycles. The Morgan fingerprint density at radius 1 is 0.284 bits per heavy atom. The molecule has 0 N–H and O–H groups in total. The number of para-hydroxylation sites is 1. The molecule has 13 aromatic carbocycles. The molecule has 0 radical (unpaired) electrons. The van der Waals surface area contributed by atoms with Crippen LogP contribution < -0.4 is 16.2 Å². The smallest absolute Gasteiger partial charge is 0.344 e. The number of benzene rings is 13. The van der Waals surface area contributed by atoms with Gasteiger partial charge in [-0.2, -0.15) is 0 Å². The van der Waals surface area contributed by atoms with E-state index in [-0.39, 0.29) is 17.2 Å². The van der Waals surface area contributed by atoms with Crippen molar-refractivity contribution in [1.29, 1.82) is 0 Å². The average molecular weight is 1130 g/mol. The fourth-order valence-corrected chi connectivity index (χ4v) is 13.0. The molecule has 0 spiro atoms. The molecule has 16 rings (SSSR count). The second-order valence-corrected chi connectivity index (χ2v) is 22.6. The summed E-state index contributed by atoms with van der Waals surface area (Å²) in [6.07, 6.45) is 0.755. The lowest BCUT2D eigenvalue weighted by Gasteiger charge is -2.26. The highest BCUT2D eigenvalue weighted by molar-refractivity contribution is 6.15. The van der Waals surface area contributed by atoms with Crippen LogP contribution >= 0.6 is 0 Å². The first kappa shape index (κ1) is 52.0. The molecule has 16 aromatic rings. The molecule has 6 heteroatoms. The van der Waals surface area contributed by atoms with Crippen molar-refractivity contribution in [3.63, 3.8) is 0 Å². The summed E-state index contributed by atoms with van der Waals surface area (Å²) < 4.78 is 18.5. The Bertz CT molecular complexity index is 5420. The van der Waals surface area contributed by atoms with Crippen LogP contribution in [0, 0.1) is 0 Å². The Labute approximate surface area is 506 Å². The van der Waals surface area contributed by atoms with Gasteiger partial charge in [0.1, 0.15) is 22.3 Å². The van der Waals surface area contributed by atoms with Gasteiger partial charge in [0, 0.05) is 50.1 Å². The number of nitrogens with zero attached hydrogens (tertiary/aromatic N) is 1. The predicted octanol–water partition coefficient (Wildman–Crippen LogP) is 21.3. The van der Waals surface area contributed by atoms with E-state index in [1.807, 2.05) is 78.9 Å². The van der Waals surface area contributed by atoms with Crippen LogP contribution in [-0.4, -0.2) is 0 Å². The number of hydrogen-bond acceptors (Lipinski definition) is 6. The minimum absolute atomic E-state index is 0.0154. The van der Waals surface area contributed by atoms with E-state index in [4.69, 9.17) is 13.3 Å². The van der Waals surface area contributed by atoms with Crippen LogP contribution in [0.5, 0.6) is 0 Å². The van der Waals surface area contributed by atoms with Gasteiger partial charge < -0.3 is 18.2 Å². The van der Waals surface area contributed by atoms with Gasteiger partial charge >= 0.3 is 11.3 Å². The van der Waals surface area contributed by atoms with Gasteiger partial charge in [-0.05, 0) is 157 Å². The summed E-state index contributed by atoms with van der Waals surface area (Å²) in [5.74, 6) is 0.0154. The first-order valence-electron chi connectivity index (χ1n) is 29.7. The van der Waals surface area contributed by atoms with Crippen molar-refractivity contribution in [2.45, 2.75) is 12.3 Å². The Morgan fingerprint density at radius 2 is 0.705 bits per heavy atom. The molecule has 3 heterocycles. The van der Waals surface area contributed by atoms with Crippen LogP contribution in [0.25, 0.3) is 121 Å². The molecule has 88 heavy (non-hydrogen) atoms. The molecular formula is C82H53NO5. The molecule has 0 fully saturated rings. The first-order valence-corrected chi connectivity index (χ1v) is 29.7. The van der Waals surface area contributed by atoms with Crippen molar-refractivity contribution in [1.82, 2.24) is 0 Å². The zero-order chi connectivity index (χ0) is 58.7. The van der Waals surface area contributed by atoms with Gasteiger partial charge in [0.25, 0.3) is 0 Å². The van der Waals surface area contributed by atoms with Gasteiger partial charge in [-0.3, -0.25) is 0 Å². The number of rotatable bonds is 12. The van der Waals surface area contributed by atoms with Crippen molar-refractivity contribution < 1.29 is 13.3 Å². The third-order valence-electron chi connectivity index (χ3n) is 17.4. The molecule has 0 aliphatic heterocycles. The maximum absolute atomic E-state index is 13.0. The number of fused-ring (bicyclic) bond motifs is 9. The summed E-state index contributed by atoms with van der Waals surface area (Å²) in [5.41, 5.74) is 19.8. The van der Waals surface area contributed by atoms with Crippen molar-refractivity contribution in [3.05, 3.63) is 341 Å². The molecule has 0 bridgehead atoms. The van der Waals surface area contributed by atoms with E-state index in [0.717, 1.165) is 117 Å². The van der Waals surface area contributed by atoms with Crippen molar-refractivity contribution >= 4 is 82.5 Å². The summed E-state index contributed by atoms with van der Waals surface area (Å²) in [6.45, 7) is 0. The average Bonchev–Trinajstić information content (AvgIpc) is 1.59. The van der Waals surface area contributed by atoms with E-state index in [0.29, 0.717) is 21.9 Å². The van der Waals surface area contributed by atoms with E-state index in [1.54, 1.807) is 0 Å². The standard InChI is InChI=1S/C82H53NO5/c84-81-70-19-9-7-17-68(70)74-50-62(41-47-76(74)87-81)73(61-35-31-55(32-36-61)53-13-3-1-4-14-53)49-52-25-27-60(28-26-52)67-22-11-23-72-79-66(21-12-24-78(79)86-80(67)72)59-33-29-56(30-34-59)58-39-44-64(45-40-58)83(63-42-37-57(38-43-63)54-15-5-2-6-16-54)65-46-48-77-75(51-65)69-18-8-10-20-71(69)82(85)88-77/h1-48,50-51,73H,49H2. The van der Waals surface area contributed by atoms with Crippen LogP contribution in [-0.2, 0) is 6.42 Å². The molecule has 0 aliphatic rings. The Balaban J connectivity index is 0.694. The highest BCUT2D eigenvalue weighted by Crippen LogP contribution is 2.43. The highest BCUT2D eigenvalue weighted by Gasteiger charge is 2.22. The topological polar surface area (TPSA) is 76.8 Å². The summed E-state index contributed by atoms with van der Waals surface area (Å²) in [5, 5.41) is 6.82. The van der Waals surface area contributed by atoms with Crippen molar-refractivity contribution in [2.24, 2.45) is 0 Å². The fraction of sp³-hybridized carbons (Fsp3) is 0.0244. The molecule has 0 saturated heterocycles. The maximum atomic E-state index is 13.0. The number of hydrogen-bond donors (Lipinski definition) is 0. The second kappa shape index (κ2) is 21.8. The van der Waals surface area contributed by atoms with E-state index < -0.39 is 0 Å². The van der Waals surface area contributed by atoms with E-state index in [9.17, 15) is 9.59 Å². The number of furan rings is 1. The lowest BCUT2D eigenvalue weighted by Crippen LogP contribution is -2.10. The van der Waals surface area contributed by atoms with E-state index >= 15 is 0 Å². The first-order chi connectivity index (χ1) is 43.4. The largest absolute Gasteiger partial charge is 0.455 e. The monoisotopic (exact) mass is 1130 g/mol. The van der Waals surface area contributed by atoms with Crippen LogP contribution in [0.3, 0.4) is 0 Å². The normalized spacial score (nSPS) is 12.0. The highest BCUT2D eigenvalue weighted by atomic mass is 16.4. The molecular weight excluding hydrogens is 1080 g/mol. The summed E-state index contributed by atoms with van der Waals surface area (Å²) in [7, 11) is 0. The zero-order valence-electron chi connectivity index (χ0n) is 47.6. The Hall–Kier alpha value is -11.6. The Kier molecular flexibility index (Phi) is 12.9. The zero-order valence-corrected chi connectivity index (χ0v) is 47.6. The quantitative estimate of drug-likeness (QED) is 0.0896. The van der Waals surface area contributed by atoms with E-state index in [2.05, 4.69) is 229 Å². The molecule has 416 valence electrons. The van der Waals surface area contributed by atoms with Crippen molar-refractivity contribution in [2.75, 3.05) is 4.90 Å². The maximum Gasteiger partial charge on any atom is 0.344 e. The Morgan fingerprint density at radius 3 is 1.30 bits per heavy atom. The summed E-state index contributed by atoms with van der Waals surface area (Å²) in [6, 6.07) is 105. The molecule has 1 unspecified atom stereocenters. The summed E-state index contributed by atoms with van der Waals surface area (Å²) >= 11 is 0. The SMILES string of the molecule is O=c1oc2ccc(C(Cc3ccc(-c4cccc5c4oc4cccc(-c6ccc(-c7ccc(N(c8ccc(-c9ccccc9)cc8)c8ccc9oc(=O)c%10ccccc%10c9c8)cc7)cc6)c45)cc3)c3ccc(-c4ccccc4)cc3)cc2c2ccccc12. The lowest BCUT2D eigenvalue weighted by atomic mass is 9.84. The van der Waals surface area contributed by atoms with Crippen LogP contribution in [0.15, 0.2) is 326 Å². The molecule has 0 saturated carbocycles. The van der Waals surface area contributed by atoms with Crippen LogP contribution in [0.2, 0.25) is 0 Å². The summed E-state index contributed by atoms with van der Waals surface area (Å²) in [4.78, 5) is 28.2. The van der Waals surface area contributed by atoms with E-state index in [1.165, 1.54) is 22.3 Å². The predicted molar refractivity (Wildman–Crippen MR) is 361 cm³/mol.